The van der Waals surface area contributed by atoms with Crippen molar-refractivity contribution < 1.29 is 19.4 Å². The zero-order chi connectivity index (χ0) is 28.8. The molecule has 0 spiro atoms. The van der Waals surface area contributed by atoms with E-state index >= 15 is 0 Å². The molecule has 0 saturated carbocycles. The highest BCUT2D eigenvalue weighted by molar-refractivity contribution is 8.00. The molecule has 208 valence electrons. The number of ketones is 1. The number of hydrogen-bond donors (Lipinski definition) is 1. The van der Waals surface area contributed by atoms with Gasteiger partial charge in [-0.25, -0.2) is 0 Å². The topological polar surface area (TPSA) is 92.6 Å². The van der Waals surface area contributed by atoms with E-state index in [0.29, 0.717) is 33.0 Å². The van der Waals surface area contributed by atoms with Gasteiger partial charge in [0.1, 0.15) is 5.75 Å². The summed E-state index contributed by atoms with van der Waals surface area (Å²) in [7, 11) is 0. The van der Waals surface area contributed by atoms with Crippen LogP contribution in [0.25, 0.3) is 6.08 Å². The minimum Gasteiger partial charge on any atom is -0.503 e. The normalized spacial score (nSPS) is 15.2. The molecule has 4 aromatic rings. The maximum Gasteiger partial charge on any atom is 0.296 e. The first-order valence-corrected chi connectivity index (χ1v) is 15.1. The highest BCUT2D eigenvalue weighted by Gasteiger charge is 2.45. The summed E-state index contributed by atoms with van der Waals surface area (Å²) < 4.78 is 6.46. The Bertz CT molecular complexity index is 1600. The number of anilines is 1. The first-order valence-electron chi connectivity index (χ1n) is 12.9. The SMILES string of the molecule is CCCOc1cccc(C2C(C(=O)/C=C/c3ccccc3)=C(O)C(=O)N2c2nnc(SCc3ccc(Cl)cc3)s2)c1. The van der Waals surface area contributed by atoms with Gasteiger partial charge in [-0.2, -0.15) is 0 Å². The molecule has 1 aromatic heterocycles. The second kappa shape index (κ2) is 13.2. The smallest absolute Gasteiger partial charge is 0.296 e. The van der Waals surface area contributed by atoms with Crippen molar-refractivity contribution >= 4 is 57.6 Å². The molecule has 10 heteroatoms. The van der Waals surface area contributed by atoms with Crippen molar-refractivity contribution in [3.05, 3.63) is 118 Å². The van der Waals surface area contributed by atoms with E-state index in [4.69, 9.17) is 16.3 Å². The van der Waals surface area contributed by atoms with Gasteiger partial charge < -0.3 is 9.84 Å². The maximum absolute atomic E-state index is 13.5. The lowest BCUT2D eigenvalue weighted by atomic mass is 9.95. The number of aliphatic hydroxyl groups excluding tert-OH is 1. The molecule has 0 fully saturated rings. The highest BCUT2D eigenvalue weighted by Crippen LogP contribution is 2.44. The van der Waals surface area contributed by atoms with Gasteiger partial charge in [0, 0.05) is 10.8 Å². The molecule has 7 nitrogen and oxygen atoms in total. The van der Waals surface area contributed by atoms with Crippen LogP contribution in [0.2, 0.25) is 5.02 Å². The summed E-state index contributed by atoms with van der Waals surface area (Å²) in [4.78, 5) is 28.3. The van der Waals surface area contributed by atoms with Crippen molar-refractivity contribution in [1.82, 2.24) is 10.2 Å². The maximum atomic E-state index is 13.5. The van der Waals surface area contributed by atoms with E-state index in [-0.39, 0.29) is 10.7 Å². The quantitative estimate of drug-likeness (QED) is 0.108. The molecular weight excluding hydrogens is 578 g/mol. The minimum absolute atomic E-state index is 0.0274. The van der Waals surface area contributed by atoms with E-state index < -0.39 is 23.5 Å². The summed E-state index contributed by atoms with van der Waals surface area (Å²) in [6.45, 7) is 2.53. The summed E-state index contributed by atoms with van der Waals surface area (Å²) in [5.74, 6) is -0.558. The van der Waals surface area contributed by atoms with Crippen molar-refractivity contribution in [2.75, 3.05) is 11.5 Å². The van der Waals surface area contributed by atoms with Gasteiger partial charge in [-0.05, 0) is 53.5 Å². The molecule has 0 radical (unpaired) electrons. The molecule has 1 atom stereocenters. The third-order valence-corrected chi connectivity index (χ3v) is 8.60. The van der Waals surface area contributed by atoms with Gasteiger partial charge in [0.15, 0.2) is 15.9 Å². The molecule has 1 aliphatic rings. The molecule has 41 heavy (non-hydrogen) atoms. The summed E-state index contributed by atoms with van der Waals surface area (Å²) >= 11 is 8.68. The van der Waals surface area contributed by atoms with Crippen molar-refractivity contribution in [2.45, 2.75) is 29.5 Å². The number of ether oxygens (including phenoxy) is 1. The van der Waals surface area contributed by atoms with Gasteiger partial charge in [0.05, 0.1) is 18.2 Å². The fourth-order valence-corrected chi connectivity index (χ4v) is 6.22. The number of amides is 1. The van der Waals surface area contributed by atoms with E-state index in [1.807, 2.05) is 67.6 Å². The number of aliphatic hydroxyl groups is 1. The molecule has 1 amide bonds. The molecule has 0 aliphatic carbocycles. The number of hydrogen-bond acceptors (Lipinski definition) is 8. The molecule has 2 heterocycles. The molecule has 1 unspecified atom stereocenters. The van der Waals surface area contributed by atoms with Crippen LogP contribution < -0.4 is 9.64 Å². The van der Waals surface area contributed by atoms with Crippen LogP contribution in [-0.4, -0.2) is 33.6 Å². The lowest BCUT2D eigenvalue weighted by Gasteiger charge is -2.24. The number of thioether (sulfide) groups is 1. The van der Waals surface area contributed by atoms with Crippen molar-refractivity contribution in [2.24, 2.45) is 0 Å². The number of aromatic nitrogens is 2. The Morgan fingerprint density at radius 2 is 1.88 bits per heavy atom. The zero-order valence-corrected chi connectivity index (χ0v) is 24.5. The molecular formula is C31H26ClN3O4S2. The number of halogens is 1. The first-order chi connectivity index (χ1) is 19.9. The van der Waals surface area contributed by atoms with Crippen molar-refractivity contribution in [3.63, 3.8) is 0 Å². The van der Waals surface area contributed by atoms with E-state index in [2.05, 4.69) is 10.2 Å². The van der Waals surface area contributed by atoms with E-state index in [9.17, 15) is 14.7 Å². The molecule has 1 aliphatic heterocycles. The molecule has 1 N–H and O–H groups in total. The third-order valence-electron chi connectivity index (χ3n) is 6.22. The zero-order valence-electron chi connectivity index (χ0n) is 22.1. The minimum atomic E-state index is -0.914. The fourth-order valence-electron chi connectivity index (χ4n) is 4.27. The number of carbonyl (C=O) groups is 2. The molecule has 3 aromatic carbocycles. The second-order valence-electron chi connectivity index (χ2n) is 9.13. The first kappa shape index (κ1) is 28.6. The lowest BCUT2D eigenvalue weighted by Crippen LogP contribution is -2.30. The second-order valence-corrected chi connectivity index (χ2v) is 11.7. The average molecular weight is 604 g/mol. The standard InChI is InChI=1S/C31H26ClN3O4S2/c1-2-17-39-24-10-6-9-22(18-24)27-26(25(36)16-13-20-7-4-3-5-8-20)28(37)29(38)35(27)30-33-34-31(41-30)40-19-21-11-14-23(32)15-12-21/h3-16,18,27,37H,2,17,19H2,1H3/b16-13+. The number of allylic oxidation sites excluding steroid dienone is 1. The Kier molecular flexibility index (Phi) is 9.18. The Morgan fingerprint density at radius 1 is 1.10 bits per heavy atom. The average Bonchev–Trinajstić information content (AvgIpc) is 3.57. The predicted molar refractivity (Wildman–Crippen MR) is 164 cm³/mol. The summed E-state index contributed by atoms with van der Waals surface area (Å²) in [5.41, 5.74) is 2.46. The Hall–Kier alpha value is -3.92. The van der Waals surface area contributed by atoms with Gasteiger partial charge in [-0.15, -0.1) is 10.2 Å². The number of carbonyl (C=O) groups excluding carboxylic acids is 2. The fraction of sp³-hybridized carbons (Fsp3) is 0.161. The summed E-state index contributed by atoms with van der Waals surface area (Å²) in [6, 6.07) is 23.2. The van der Waals surface area contributed by atoms with Crippen LogP contribution in [0.3, 0.4) is 0 Å². The monoisotopic (exact) mass is 603 g/mol. The summed E-state index contributed by atoms with van der Waals surface area (Å²) in [5, 5.41) is 20.5. The summed E-state index contributed by atoms with van der Waals surface area (Å²) in [6.07, 6.45) is 3.86. The number of benzene rings is 3. The van der Waals surface area contributed by atoms with E-state index in [1.54, 1.807) is 24.3 Å². The van der Waals surface area contributed by atoms with Gasteiger partial charge in [-0.1, -0.05) is 102 Å². The number of rotatable bonds is 11. The highest BCUT2D eigenvalue weighted by atomic mass is 35.5. The van der Waals surface area contributed by atoms with Gasteiger partial charge in [-0.3, -0.25) is 14.5 Å². The molecule has 5 rings (SSSR count). The Labute approximate surface area is 251 Å². The van der Waals surface area contributed by atoms with Crippen LogP contribution in [0.15, 0.2) is 101 Å². The van der Waals surface area contributed by atoms with E-state index in [0.717, 1.165) is 17.5 Å². The van der Waals surface area contributed by atoms with Crippen LogP contribution >= 0.6 is 34.7 Å². The third kappa shape index (κ3) is 6.70. The van der Waals surface area contributed by atoms with Crippen LogP contribution in [0.1, 0.15) is 36.1 Å². The van der Waals surface area contributed by atoms with Gasteiger partial charge in [0.2, 0.25) is 5.13 Å². The Balaban J connectivity index is 1.47. The van der Waals surface area contributed by atoms with Crippen LogP contribution in [0.5, 0.6) is 5.75 Å². The Morgan fingerprint density at radius 3 is 2.63 bits per heavy atom. The van der Waals surface area contributed by atoms with Gasteiger partial charge in [0.25, 0.3) is 5.91 Å². The van der Waals surface area contributed by atoms with Gasteiger partial charge >= 0.3 is 0 Å². The van der Waals surface area contributed by atoms with Crippen LogP contribution in [-0.2, 0) is 15.3 Å². The van der Waals surface area contributed by atoms with E-state index in [1.165, 1.54) is 34.1 Å². The predicted octanol–water partition coefficient (Wildman–Crippen LogP) is 7.46. The van der Waals surface area contributed by atoms with Crippen LogP contribution in [0, 0.1) is 0 Å². The van der Waals surface area contributed by atoms with Crippen molar-refractivity contribution in [3.8, 4) is 5.75 Å². The number of nitrogens with zero attached hydrogens (tertiary/aromatic N) is 3. The largest absolute Gasteiger partial charge is 0.503 e. The van der Waals surface area contributed by atoms with Crippen molar-refractivity contribution in [1.29, 1.82) is 0 Å². The molecule has 0 bridgehead atoms. The van der Waals surface area contributed by atoms with Crippen LogP contribution in [0.4, 0.5) is 5.13 Å². The molecule has 0 saturated heterocycles. The lowest BCUT2D eigenvalue weighted by molar-refractivity contribution is -0.117.